The quantitative estimate of drug-likeness (QED) is 0.238. The minimum absolute atomic E-state index is 0. The first-order valence-electron chi connectivity index (χ1n) is 9.69. The molecule has 1 aliphatic rings. The number of rotatable bonds is 9. The van der Waals surface area contributed by atoms with Crippen LogP contribution in [-0.2, 0) is 0 Å². The van der Waals surface area contributed by atoms with Gasteiger partial charge < -0.3 is 25.0 Å². The zero-order valence-corrected chi connectivity index (χ0v) is 19.3. The van der Waals surface area contributed by atoms with Gasteiger partial charge in [0.1, 0.15) is 0 Å². The van der Waals surface area contributed by atoms with Crippen molar-refractivity contribution in [2.24, 2.45) is 4.99 Å². The van der Waals surface area contributed by atoms with E-state index in [2.05, 4.69) is 20.5 Å². The number of nitrogens with one attached hydrogen (secondary N) is 2. The van der Waals surface area contributed by atoms with E-state index in [9.17, 15) is 0 Å². The van der Waals surface area contributed by atoms with Crippen molar-refractivity contribution in [3.05, 3.63) is 18.2 Å². The number of methoxy groups -OCH3 is 2. The van der Waals surface area contributed by atoms with Crippen LogP contribution in [0.4, 0.5) is 5.69 Å². The SMILES string of the molecule is CN=C(NCCCCCN1CCCCC1)Nc1ccc(OC)c(OC)c1.I. The van der Waals surface area contributed by atoms with Crippen molar-refractivity contribution < 1.29 is 9.47 Å². The topological polar surface area (TPSA) is 58.1 Å². The molecule has 1 saturated heterocycles. The van der Waals surface area contributed by atoms with Gasteiger partial charge in [0.05, 0.1) is 14.2 Å². The molecular formula is C20H35IN4O2. The standard InChI is InChI=1S/C20H34N4O2.HI/c1-21-20(23-17-10-11-18(25-2)19(16-17)26-3)22-12-6-4-7-13-24-14-8-5-9-15-24;/h10-11,16H,4-9,12-15H2,1-3H3,(H2,21,22,23);1H. The Balaban J connectivity index is 0.00000364. The molecule has 1 aromatic carbocycles. The molecule has 0 bridgehead atoms. The number of anilines is 1. The van der Waals surface area contributed by atoms with E-state index in [4.69, 9.17) is 9.47 Å². The van der Waals surface area contributed by atoms with Gasteiger partial charge in [0.15, 0.2) is 17.5 Å². The zero-order valence-electron chi connectivity index (χ0n) is 16.9. The summed E-state index contributed by atoms with van der Waals surface area (Å²) in [5, 5.41) is 6.67. The monoisotopic (exact) mass is 490 g/mol. The maximum absolute atomic E-state index is 5.34. The van der Waals surface area contributed by atoms with Crippen LogP contribution < -0.4 is 20.1 Å². The van der Waals surface area contributed by atoms with E-state index in [0.29, 0.717) is 5.75 Å². The Labute approximate surface area is 181 Å². The Morgan fingerprint density at radius 1 is 1.04 bits per heavy atom. The van der Waals surface area contributed by atoms with Gasteiger partial charge in [-0.2, -0.15) is 0 Å². The third kappa shape index (κ3) is 8.55. The highest BCUT2D eigenvalue weighted by atomic mass is 127. The molecule has 2 rings (SSSR count). The molecule has 7 heteroatoms. The third-order valence-electron chi connectivity index (χ3n) is 4.76. The van der Waals surface area contributed by atoms with Crippen LogP contribution in [0.1, 0.15) is 38.5 Å². The average Bonchev–Trinajstić information content (AvgIpc) is 2.70. The minimum Gasteiger partial charge on any atom is -0.493 e. The molecule has 0 atom stereocenters. The molecule has 0 aromatic heterocycles. The smallest absolute Gasteiger partial charge is 0.195 e. The lowest BCUT2D eigenvalue weighted by Gasteiger charge is -2.26. The molecule has 0 radical (unpaired) electrons. The number of guanidine groups is 1. The number of hydrogen-bond donors (Lipinski definition) is 2. The molecule has 1 aromatic rings. The summed E-state index contributed by atoms with van der Waals surface area (Å²) in [5.41, 5.74) is 0.917. The van der Waals surface area contributed by atoms with E-state index in [1.807, 2.05) is 18.2 Å². The number of benzene rings is 1. The van der Waals surface area contributed by atoms with Crippen molar-refractivity contribution in [2.75, 3.05) is 52.8 Å². The van der Waals surface area contributed by atoms with Gasteiger partial charge in [0, 0.05) is 25.3 Å². The fourth-order valence-electron chi connectivity index (χ4n) is 3.26. The fraction of sp³-hybridized carbons (Fsp3) is 0.650. The van der Waals surface area contributed by atoms with Crippen LogP contribution in [0.25, 0.3) is 0 Å². The van der Waals surface area contributed by atoms with Gasteiger partial charge in [0.2, 0.25) is 0 Å². The van der Waals surface area contributed by atoms with Crippen molar-refractivity contribution in [1.82, 2.24) is 10.2 Å². The third-order valence-corrected chi connectivity index (χ3v) is 4.76. The zero-order chi connectivity index (χ0) is 18.6. The maximum Gasteiger partial charge on any atom is 0.195 e. The van der Waals surface area contributed by atoms with E-state index >= 15 is 0 Å². The Hall–Kier alpha value is -1.22. The van der Waals surface area contributed by atoms with Gasteiger partial charge in [-0.3, -0.25) is 4.99 Å². The summed E-state index contributed by atoms with van der Waals surface area (Å²) >= 11 is 0. The Bertz CT molecular complexity index is 563. The number of piperidine rings is 1. The van der Waals surface area contributed by atoms with Crippen LogP contribution in [0, 0.1) is 0 Å². The number of hydrogen-bond acceptors (Lipinski definition) is 4. The van der Waals surface area contributed by atoms with E-state index in [-0.39, 0.29) is 24.0 Å². The molecule has 0 spiro atoms. The highest BCUT2D eigenvalue weighted by Gasteiger charge is 2.09. The number of aliphatic imine (C=N–C) groups is 1. The maximum atomic E-state index is 5.34. The summed E-state index contributed by atoms with van der Waals surface area (Å²) in [4.78, 5) is 6.89. The lowest BCUT2D eigenvalue weighted by Crippen LogP contribution is -2.32. The molecular weight excluding hydrogens is 455 g/mol. The molecule has 2 N–H and O–H groups in total. The largest absolute Gasteiger partial charge is 0.493 e. The van der Waals surface area contributed by atoms with Gasteiger partial charge >= 0.3 is 0 Å². The van der Waals surface area contributed by atoms with Crippen LogP contribution >= 0.6 is 24.0 Å². The predicted octanol–water partition coefficient (Wildman–Crippen LogP) is 3.97. The number of nitrogens with zero attached hydrogens (tertiary/aromatic N) is 2. The number of halogens is 1. The summed E-state index contributed by atoms with van der Waals surface area (Å²) in [6.07, 6.45) is 7.84. The summed E-state index contributed by atoms with van der Waals surface area (Å²) in [6.45, 7) is 4.76. The second kappa shape index (κ2) is 13.9. The van der Waals surface area contributed by atoms with E-state index in [0.717, 1.165) is 30.4 Å². The fourth-order valence-corrected chi connectivity index (χ4v) is 3.26. The van der Waals surface area contributed by atoms with E-state index in [1.54, 1.807) is 21.3 Å². The second-order valence-electron chi connectivity index (χ2n) is 6.66. The van der Waals surface area contributed by atoms with Crippen molar-refractivity contribution >= 4 is 35.6 Å². The normalized spacial score (nSPS) is 15.0. The summed E-state index contributed by atoms with van der Waals surface area (Å²) in [6, 6.07) is 5.74. The van der Waals surface area contributed by atoms with E-state index in [1.165, 1.54) is 51.7 Å². The summed E-state index contributed by atoms with van der Waals surface area (Å²) < 4.78 is 10.6. The van der Waals surface area contributed by atoms with Gasteiger partial charge in [-0.05, 0) is 57.5 Å². The van der Waals surface area contributed by atoms with Gasteiger partial charge in [0.25, 0.3) is 0 Å². The first-order valence-corrected chi connectivity index (χ1v) is 9.69. The molecule has 1 aliphatic heterocycles. The molecule has 27 heavy (non-hydrogen) atoms. The Morgan fingerprint density at radius 3 is 2.44 bits per heavy atom. The molecule has 1 heterocycles. The number of ether oxygens (including phenoxy) is 2. The summed E-state index contributed by atoms with van der Waals surface area (Å²) in [5.74, 6) is 2.19. The molecule has 1 fully saturated rings. The van der Waals surface area contributed by atoms with Gasteiger partial charge in [-0.15, -0.1) is 24.0 Å². The Kier molecular flexibility index (Phi) is 12.2. The number of likely N-dealkylation sites (tertiary alicyclic amines) is 1. The molecule has 0 aliphatic carbocycles. The summed E-state index contributed by atoms with van der Waals surface area (Å²) in [7, 11) is 5.06. The van der Waals surface area contributed by atoms with Crippen LogP contribution in [0.2, 0.25) is 0 Å². The highest BCUT2D eigenvalue weighted by molar-refractivity contribution is 14.0. The average molecular weight is 490 g/mol. The van der Waals surface area contributed by atoms with Crippen molar-refractivity contribution in [3.63, 3.8) is 0 Å². The molecule has 0 saturated carbocycles. The lowest BCUT2D eigenvalue weighted by molar-refractivity contribution is 0.224. The first kappa shape index (κ1) is 23.8. The predicted molar refractivity (Wildman–Crippen MR) is 124 cm³/mol. The van der Waals surface area contributed by atoms with Crippen molar-refractivity contribution in [2.45, 2.75) is 38.5 Å². The van der Waals surface area contributed by atoms with Gasteiger partial charge in [-0.1, -0.05) is 12.8 Å². The molecule has 154 valence electrons. The van der Waals surface area contributed by atoms with Crippen LogP contribution in [0.5, 0.6) is 11.5 Å². The minimum atomic E-state index is 0. The lowest BCUT2D eigenvalue weighted by atomic mass is 10.1. The van der Waals surface area contributed by atoms with Gasteiger partial charge in [-0.25, -0.2) is 0 Å². The van der Waals surface area contributed by atoms with Crippen LogP contribution in [-0.4, -0.2) is 58.3 Å². The van der Waals surface area contributed by atoms with Crippen LogP contribution in [0.3, 0.4) is 0 Å². The van der Waals surface area contributed by atoms with E-state index < -0.39 is 0 Å². The Morgan fingerprint density at radius 2 is 1.78 bits per heavy atom. The van der Waals surface area contributed by atoms with Crippen molar-refractivity contribution in [3.8, 4) is 11.5 Å². The molecule has 0 unspecified atom stereocenters. The molecule has 0 amide bonds. The number of unbranched alkanes of at least 4 members (excludes halogenated alkanes) is 2. The second-order valence-corrected chi connectivity index (χ2v) is 6.66. The molecule has 6 nitrogen and oxygen atoms in total. The van der Waals surface area contributed by atoms with Crippen LogP contribution in [0.15, 0.2) is 23.2 Å². The first-order chi connectivity index (χ1) is 12.8. The van der Waals surface area contributed by atoms with Crippen molar-refractivity contribution in [1.29, 1.82) is 0 Å². The highest BCUT2D eigenvalue weighted by Crippen LogP contribution is 2.29.